The van der Waals surface area contributed by atoms with Crippen molar-refractivity contribution in [1.29, 1.82) is 5.26 Å². The molecule has 5 aromatic rings. The minimum absolute atomic E-state index is 0.196. The lowest BCUT2D eigenvalue weighted by Crippen LogP contribution is -2.39. The first-order valence-corrected chi connectivity index (χ1v) is 14.2. The van der Waals surface area contributed by atoms with E-state index in [0.717, 1.165) is 10.4 Å². The van der Waals surface area contributed by atoms with Crippen molar-refractivity contribution in [1.82, 2.24) is 4.57 Å². The molecule has 1 atom stereocenters. The number of rotatable bonds is 6. The molecule has 0 bridgehead atoms. The van der Waals surface area contributed by atoms with E-state index in [2.05, 4.69) is 6.07 Å². The Morgan fingerprint density at radius 1 is 1.10 bits per heavy atom. The summed E-state index contributed by atoms with van der Waals surface area (Å²) in [6.45, 7) is 1.95. The van der Waals surface area contributed by atoms with E-state index in [1.54, 1.807) is 41.8 Å². The number of carbonyl (C=O) groups excluding carboxylic acids is 1. The van der Waals surface area contributed by atoms with Gasteiger partial charge in [0, 0.05) is 22.1 Å². The van der Waals surface area contributed by atoms with Gasteiger partial charge in [0.1, 0.15) is 17.6 Å². The van der Waals surface area contributed by atoms with Crippen LogP contribution in [0.25, 0.3) is 23.1 Å². The number of nitriles is 1. The quantitative estimate of drug-likeness (QED) is 0.267. The number of hydrogen-bond donors (Lipinski definition) is 0. The van der Waals surface area contributed by atoms with Crippen molar-refractivity contribution in [3.8, 4) is 17.4 Å². The molecule has 1 aliphatic heterocycles. The van der Waals surface area contributed by atoms with Crippen LogP contribution in [0.3, 0.4) is 0 Å². The first-order chi connectivity index (χ1) is 19.6. The fourth-order valence-corrected chi connectivity index (χ4v) is 6.46. The summed E-state index contributed by atoms with van der Waals surface area (Å²) in [5.41, 5.74) is 2.46. The lowest BCUT2D eigenvalue weighted by atomic mass is 9.97. The number of ether oxygens (including phenoxy) is 1. The number of thiazole rings is 1. The molecule has 7 nitrogen and oxygen atoms in total. The predicted octanol–water partition coefficient (Wildman–Crippen LogP) is 5.13. The molecule has 6 rings (SSSR count). The van der Waals surface area contributed by atoms with E-state index in [0.29, 0.717) is 43.3 Å². The van der Waals surface area contributed by atoms with Gasteiger partial charge in [-0.3, -0.25) is 9.36 Å². The van der Waals surface area contributed by atoms with Crippen molar-refractivity contribution in [2.24, 2.45) is 4.99 Å². The van der Waals surface area contributed by atoms with Crippen LogP contribution >= 0.6 is 22.7 Å². The summed E-state index contributed by atoms with van der Waals surface area (Å²) >= 11 is 2.69. The molecule has 2 aromatic carbocycles. The van der Waals surface area contributed by atoms with Crippen molar-refractivity contribution < 1.29 is 13.9 Å². The number of carbonyl (C=O) groups is 1. The zero-order valence-electron chi connectivity index (χ0n) is 21.2. The van der Waals surface area contributed by atoms with Gasteiger partial charge < -0.3 is 9.15 Å². The Labute approximate surface area is 236 Å². The second-order valence-electron chi connectivity index (χ2n) is 8.81. The minimum Gasteiger partial charge on any atom is -0.463 e. The maximum absolute atomic E-state index is 13.9. The number of esters is 1. The zero-order valence-corrected chi connectivity index (χ0v) is 22.9. The van der Waals surface area contributed by atoms with Gasteiger partial charge in [0.05, 0.1) is 34.0 Å². The Hall–Kier alpha value is -4.78. The van der Waals surface area contributed by atoms with E-state index >= 15 is 0 Å². The maximum atomic E-state index is 13.9. The Morgan fingerprint density at radius 3 is 2.65 bits per heavy atom. The monoisotopic (exact) mass is 563 g/mol. The minimum atomic E-state index is -0.692. The van der Waals surface area contributed by atoms with Crippen LogP contribution in [0.1, 0.15) is 34.7 Å². The van der Waals surface area contributed by atoms with Crippen LogP contribution in [0.2, 0.25) is 0 Å². The average Bonchev–Trinajstić information content (AvgIpc) is 3.74. The number of aromatic nitrogens is 1. The van der Waals surface area contributed by atoms with E-state index in [9.17, 15) is 14.9 Å². The topological polar surface area (TPSA) is 97.6 Å². The predicted molar refractivity (Wildman–Crippen MR) is 154 cm³/mol. The highest BCUT2D eigenvalue weighted by atomic mass is 32.1. The highest BCUT2D eigenvalue weighted by Crippen LogP contribution is 2.36. The van der Waals surface area contributed by atoms with Crippen LogP contribution in [0.15, 0.2) is 104 Å². The van der Waals surface area contributed by atoms with Gasteiger partial charge in [0.15, 0.2) is 4.80 Å². The maximum Gasteiger partial charge on any atom is 0.338 e. The molecule has 0 radical (unpaired) electrons. The molecule has 0 N–H and O–H groups in total. The number of benzene rings is 2. The third-order valence-corrected chi connectivity index (χ3v) is 8.31. The van der Waals surface area contributed by atoms with Gasteiger partial charge in [0.25, 0.3) is 5.56 Å². The van der Waals surface area contributed by atoms with Gasteiger partial charge in [-0.05, 0) is 42.6 Å². The first-order valence-electron chi connectivity index (χ1n) is 12.5. The second-order valence-corrected chi connectivity index (χ2v) is 10.8. The number of thiophene rings is 1. The fourth-order valence-electron chi connectivity index (χ4n) is 4.66. The van der Waals surface area contributed by atoms with Crippen LogP contribution < -0.4 is 14.9 Å². The highest BCUT2D eigenvalue weighted by molar-refractivity contribution is 7.10. The summed E-state index contributed by atoms with van der Waals surface area (Å²) in [5, 5.41) is 11.4. The molecule has 0 spiro atoms. The Morgan fingerprint density at radius 2 is 1.90 bits per heavy atom. The normalized spacial score (nSPS) is 14.9. The van der Waals surface area contributed by atoms with Gasteiger partial charge in [-0.25, -0.2) is 9.79 Å². The lowest BCUT2D eigenvalue weighted by molar-refractivity contribution is -0.138. The molecule has 0 fully saturated rings. The summed E-state index contributed by atoms with van der Waals surface area (Å²) < 4.78 is 13.5. The molecular weight excluding hydrogens is 542 g/mol. The van der Waals surface area contributed by atoms with E-state index in [1.807, 2.05) is 60.0 Å². The van der Waals surface area contributed by atoms with Gasteiger partial charge in [-0.1, -0.05) is 59.9 Å². The van der Waals surface area contributed by atoms with Crippen molar-refractivity contribution in [3.63, 3.8) is 0 Å². The van der Waals surface area contributed by atoms with Gasteiger partial charge in [0.2, 0.25) is 0 Å². The molecular formula is C31H21N3O4S2. The van der Waals surface area contributed by atoms with Crippen LogP contribution in [0, 0.1) is 11.3 Å². The molecule has 1 aliphatic rings. The summed E-state index contributed by atoms with van der Waals surface area (Å²) in [4.78, 5) is 33.4. The number of nitrogens with zero attached hydrogens (tertiary/aromatic N) is 3. The smallest absolute Gasteiger partial charge is 0.338 e. The fraction of sp³-hybridized carbons (Fsp3) is 0.0968. The van der Waals surface area contributed by atoms with E-state index in [1.165, 1.54) is 22.7 Å². The third-order valence-electron chi connectivity index (χ3n) is 6.40. The molecule has 196 valence electrons. The van der Waals surface area contributed by atoms with Crippen molar-refractivity contribution in [2.75, 3.05) is 6.61 Å². The third kappa shape index (κ3) is 4.53. The summed E-state index contributed by atoms with van der Waals surface area (Å²) in [6, 6.07) is 25.5. The summed E-state index contributed by atoms with van der Waals surface area (Å²) in [7, 11) is 0. The van der Waals surface area contributed by atoms with Gasteiger partial charge in [-0.15, -0.1) is 11.3 Å². The molecule has 0 amide bonds. The Balaban J connectivity index is 1.54. The van der Waals surface area contributed by atoms with Crippen LogP contribution in [0.5, 0.6) is 0 Å². The zero-order chi connectivity index (χ0) is 27.6. The van der Waals surface area contributed by atoms with Crippen LogP contribution in [-0.2, 0) is 9.53 Å². The summed E-state index contributed by atoms with van der Waals surface area (Å²) in [5.74, 6) is 0.488. The molecule has 0 aliphatic carbocycles. The lowest BCUT2D eigenvalue weighted by Gasteiger charge is -2.24. The number of hydrogen-bond acceptors (Lipinski definition) is 8. The van der Waals surface area contributed by atoms with E-state index in [-0.39, 0.29) is 12.2 Å². The largest absolute Gasteiger partial charge is 0.463 e. The summed E-state index contributed by atoms with van der Waals surface area (Å²) in [6.07, 6.45) is 1.67. The molecule has 4 heterocycles. The molecule has 0 saturated carbocycles. The van der Waals surface area contributed by atoms with Gasteiger partial charge in [-0.2, -0.15) is 5.26 Å². The van der Waals surface area contributed by atoms with Crippen LogP contribution in [-0.4, -0.2) is 17.1 Å². The first kappa shape index (κ1) is 25.5. The van der Waals surface area contributed by atoms with Crippen LogP contribution in [0.4, 0.5) is 0 Å². The molecule has 40 heavy (non-hydrogen) atoms. The Bertz CT molecular complexity index is 1970. The number of fused-ring (bicyclic) bond motifs is 1. The molecule has 0 saturated heterocycles. The van der Waals surface area contributed by atoms with Gasteiger partial charge >= 0.3 is 5.97 Å². The molecule has 9 heteroatoms. The SMILES string of the molecule is CCOC(=O)C1=C(c2ccccc2)N=c2s/c(=C/c3ccc(-c4ccccc4C#N)o3)c(=O)n2[C@@H]1c1cccs1. The van der Waals surface area contributed by atoms with Crippen molar-refractivity contribution in [2.45, 2.75) is 13.0 Å². The Kier molecular flexibility index (Phi) is 6.86. The van der Waals surface area contributed by atoms with E-state index in [4.69, 9.17) is 14.1 Å². The van der Waals surface area contributed by atoms with Crippen molar-refractivity contribution in [3.05, 3.63) is 131 Å². The van der Waals surface area contributed by atoms with Crippen molar-refractivity contribution >= 4 is 40.4 Å². The average molecular weight is 564 g/mol. The highest BCUT2D eigenvalue weighted by Gasteiger charge is 2.35. The molecule has 0 unspecified atom stereocenters. The standard InChI is InChI=1S/C31H21N3O4S2/c1-2-37-30(36)26-27(19-9-4-3-5-10-19)33-31-34(28(26)24-13-8-16-39-24)29(35)25(40-31)17-21-14-15-23(38-21)22-12-7-6-11-20(22)18-32/h3-17,28H,2H2,1H3/b25-17+/t28-/m1/s1. The molecule has 3 aromatic heterocycles. The van der Waals surface area contributed by atoms with E-state index < -0.39 is 12.0 Å². The second kappa shape index (κ2) is 10.8. The number of furan rings is 1.